The van der Waals surface area contributed by atoms with Gasteiger partial charge in [-0.15, -0.1) is 0 Å². The van der Waals surface area contributed by atoms with Crippen LogP contribution in [-0.2, 0) is 14.8 Å². The van der Waals surface area contributed by atoms with Gasteiger partial charge in [0.2, 0.25) is 15.9 Å². The van der Waals surface area contributed by atoms with Gasteiger partial charge in [-0.2, -0.15) is 0 Å². The fraction of sp³-hybridized carbons (Fsp3) is 0.462. The molecule has 0 aliphatic rings. The summed E-state index contributed by atoms with van der Waals surface area (Å²) in [5.74, 6) is -0.267. The smallest absolute Gasteiger partial charge is 0.240 e. The summed E-state index contributed by atoms with van der Waals surface area (Å²) in [6.45, 7) is 5.06. The second-order valence-corrected chi connectivity index (χ2v) is 7.08. The first-order chi connectivity index (χ1) is 9.08. The van der Waals surface area contributed by atoms with Crippen LogP contribution in [0.2, 0.25) is 0 Å². The Labute approximate surface area is 119 Å². The molecule has 1 atom stereocenters. The predicted molar refractivity (Wildman–Crippen MR) is 77.5 cm³/mol. The SMILES string of the molecule is CNS(=O)(=O)c1ccc(C(C)NC(=O)C(C)(C)N)cc1. The number of benzene rings is 1. The molecule has 0 saturated heterocycles. The molecule has 0 radical (unpaired) electrons. The van der Waals surface area contributed by atoms with Gasteiger partial charge in [0.1, 0.15) is 0 Å². The highest BCUT2D eigenvalue weighted by Crippen LogP contribution is 2.16. The standard InChI is InChI=1S/C13H21N3O3S/c1-9(16-12(17)13(2,3)14)10-5-7-11(8-6-10)20(18,19)15-4/h5-9,15H,14H2,1-4H3,(H,16,17). The Balaban J connectivity index is 2.87. The van der Waals surface area contributed by atoms with Crippen molar-refractivity contribution in [2.45, 2.75) is 37.2 Å². The second kappa shape index (κ2) is 5.90. The Hall–Kier alpha value is -1.44. The van der Waals surface area contributed by atoms with Crippen molar-refractivity contribution in [1.29, 1.82) is 0 Å². The van der Waals surface area contributed by atoms with Crippen molar-refractivity contribution in [1.82, 2.24) is 10.0 Å². The zero-order valence-electron chi connectivity index (χ0n) is 12.1. The Morgan fingerprint density at radius 3 is 2.15 bits per heavy atom. The fourth-order valence-corrected chi connectivity index (χ4v) is 2.25. The molecule has 1 amide bonds. The van der Waals surface area contributed by atoms with Crippen LogP contribution < -0.4 is 15.8 Å². The number of hydrogen-bond donors (Lipinski definition) is 3. The third-order valence-corrected chi connectivity index (χ3v) is 4.32. The van der Waals surface area contributed by atoms with Gasteiger partial charge < -0.3 is 11.1 Å². The Morgan fingerprint density at radius 1 is 1.25 bits per heavy atom. The van der Waals surface area contributed by atoms with E-state index in [2.05, 4.69) is 10.0 Å². The molecule has 7 heteroatoms. The van der Waals surface area contributed by atoms with Crippen LogP contribution in [0, 0.1) is 0 Å². The van der Waals surface area contributed by atoms with Gasteiger partial charge >= 0.3 is 0 Å². The Kier molecular flexibility index (Phi) is 4.90. The van der Waals surface area contributed by atoms with Gasteiger partial charge in [-0.1, -0.05) is 12.1 Å². The highest BCUT2D eigenvalue weighted by atomic mass is 32.2. The lowest BCUT2D eigenvalue weighted by molar-refractivity contribution is -0.125. The van der Waals surface area contributed by atoms with E-state index < -0.39 is 15.6 Å². The lowest BCUT2D eigenvalue weighted by Gasteiger charge is -2.22. The summed E-state index contributed by atoms with van der Waals surface area (Å²) in [6, 6.07) is 6.07. The molecular weight excluding hydrogens is 278 g/mol. The molecule has 4 N–H and O–H groups in total. The molecule has 20 heavy (non-hydrogen) atoms. The van der Waals surface area contributed by atoms with E-state index in [1.54, 1.807) is 26.0 Å². The van der Waals surface area contributed by atoms with E-state index in [1.807, 2.05) is 6.92 Å². The molecule has 112 valence electrons. The molecule has 0 aliphatic carbocycles. The number of nitrogens with one attached hydrogen (secondary N) is 2. The van der Waals surface area contributed by atoms with Gasteiger partial charge in [0.25, 0.3) is 0 Å². The first-order valence-electron chi connectivity index (χ1n) is 6.21. The average Bonchev–Trinajstić information content (AvgIpc) is 2.37. The minimum atomic E-state index is -3.44. The molecule has 1 aromatic rings. The van der Waals surface area contributed by atoms with Gasteiger partial charge in [-0.05, 0) is 45.5 Å². The summed E-state index contributed by atoms with van der Waals surface area (Å²) in [6.07, 6.45) is 0. The van der Waals surface area contributed by atoms with E-state index >= 15 is 0 Å². The number of sulfonamides is 1. The molecular formula is C13H21N3O3S. The van der Waals surface area contributed by atoms with Crippen molar-refractivity contribution in [3.05, 3.63) is 29.8 Å². The topological polar surface area (TPSA) is 101 Å². The highest BCUT2D eigenvalue weighted by Gasteiger charge is 2.23. The minimum Gasteiger partial charge on any atom is -0.348 e. The van der Waals surface area contributed by atoms with Gasteiger partial charge in [-0.3, -0.25) is 4.79 Å². The monoisotopic (exact) mass is 299 g/mol. The van der Waals surface area contributed by atoms with E-state index in [9.17, 15) is 13.2 Å². The van der Waals surface area contributed by atoms with Crippen LogP contribution in [0.4, 0.5) is 0 Å². The second-order valence-electron chi connectivity index (χ2n) is 5.19. The summed E-state index contributed by atoms with van der Waals surface area (Å²) < 4.78 is 25.4. The highest BCUT2D eigenvalue weighted by molar-refractivity contribution is 7.89. The molecule has 0 bridgehead atoms. The normalized spacial score (nSPS) is 13.8. The molecule has 0 heterocycles. The van der Waals surface area contributed by atoms with Crippen molar-refractivity contribution in [3.8, 4) is 0 Å². The molecule has 1 rings (SSSR count). The summed E-state index contributed by atoms with van der Waals surface area (Å²) in [5, 5.41) is 2.78. The van der Waals surface area contributed by atoms with Gasteiger partial charge in [0, 0.05) is 0 Å². The number of nitrogens with two attached hydrogens (primary N) is 1. The summed E-state index contributed by atoms with van der Waals surface area (Å²) in [7, 11) is -2.09. The van der Waals surface area contributed by atoms with Gasteiger partial charge in [0.05, 0.1) is 16.5 Å². The minimum absolute atomic E-state index is 0.182. The lowest BCUT2D eigenvalue weighted by Crippen LogP contribution is -2.49. The number of rotatable bonds is 5. The molecule has 1 unspecified atom stereocenters. The molecule has 0 aliphatic heterocycles. The van der Waals surface area contributed by atoms with Gasteiger partial charge in [-0.25, -0.2) is 13.1 Å². The number of amides is 1. The maximum Gasteiger partial charge on any atom is 0.240 e. The fourth-order valence-electron chi connectivity index (χ4n) is 1.52. The van der Waals surface area contributed by atoms with E-state index in [1.165, 1.54) is 19.2 Å². The predicted octanol–water partition coefficient (Wildman–Crippen LogP) is 0.509. The van der Waals surface area contributed by atoms with E-state index in [0.717, 1.165) is 5.56 Å². The molecule has 0 fully saturated rings. The average molecular weight is 299 g/mol. The van der Waals surface area contributed by atoms with Crippen LogP contribution in [0.3, 0.4) is 0 Å². The van der Waals surface area contributed by atoms with Crippen LogP contribution in [0.25, 0.3) is 0 Å². The maximum absolute atomic E-state index is 11.8. The van der Waals surface area contributed by atoms with Crippen LogP contribution in [0.5, 0.6) is 0 Å². The van der Waals surface area contributed by atoms with Crippen LogP contribution in [0.1, 0.15) is 32.4 Å². The van der Waals surface area contributed by atoms with Crippen molar-refractivity contribution in [3.63, 3.8) is 0 Å². The van der Waals surface area contributed by atoms with E-state index in [-0.39, 0.29) is 16.8 Å². The molecule has 0 saturated carbocycles. The summed E-state index contributed by atoms with van der Waals surface area (Å²) in [5.41, 5.74) is 5.55. The van der Waals surface area contributed by atoms with Crippen molar-refractivity contribution in [2.24, 2.45) is 5.73 Å². The van der Waals surface area contributed by atoms with Crippen molar-refractivity contribution < 1.29 is 13.2 Å². The Morgan fingerprint density at radius 2 is 1.75 bits per heavy atom. The van der Waals surface area contributed by atoms with Crippen molar-refractivity contribution >= 4 is 15.9 Å². The van der Waals surface area contributed by atoms with Crippen LogP contribution in [-0.4, -0.2) is 26.9 Å². The zero-order chi connectivity index (χ0) is 15.6. The number of hydrogen-bond acceptors (Lipinski definition) is 4. The first-order valence-corrected chi connectivity index (χ1v) is 7.69. The first kappa shape index (κ1) is 16.6. The van der Waals surface area contributed by atoms with Gasteiger partial charge in [0.15, 0.2) is 0 Å². The summed E-state index contributed by atoms with van der Waals surface area (Å²) >= 11 is 0. The van der Waals surface area contributed by atoms with Crippen LogP contribution >= 0.6 is 0 Å². The third kappa shape index (κ3) is 4.03. The van der Waals surface area contributed by atoms with Crippen molar-refractivity contribution in [2.75, 3.05) is 7.05 Å². The number of carbonyl (C=O) groups is 1. The molecule has 0 aromatic heterocycles. The zero-order valence-corrected chi connectivity index (χ0v) is 12.9. The van der Waals surface area contributed by atoms with Crippen LogP contribution in [0.15, 0.2) is 29.2 Å². The quantitative estimate of drug-likeness (QED) is 0.737. The largest absolute Gasteiger partial charge is 0.348 e. The molecule has 6 nitrogen and oxygen atoms in total. The Bertz CT molecular complexity index is 574. The molecule has 1 aromatic carbocycles. The maximum atomic E-state index is 11.8. The number of carbonyl (C=O) groups excluding carboxylic acids is 1. The lowest BCUT2D eigenvalue weighted by atomic mass is 10.0. The third-order valence-electron chi connectivity index (χ3n) is 2.89. The van der Waals surface area contributed by atoms with E-state index in [0.29, 0.717) is 0 Å². The van der Waals surface area contributed by atoms with E-state index in [4.69, 9.17) is 5.73 Å². The molecule has 0 spiro atoms. The summed E-state index contributed by atoms with van der Waals surface area (Å²) in [4.78, 5) is 12.0.